The van der Waals surface area contributed by atoms with Gasteiger partial charge in [0.05, 0.1) is 6.54 Å². The number of hydrogen-bond acceptors (Lipinski definition) is 1. The van der Waals surface area contributed by atoms with Gasteiger partial charge in [0.1, 0.15) is 0 Å². The van der Waals surface area contributed by atoms with E-state index in [0.29, 0.717) is 5.56 Å². The number of benzene rings is 1. The fourth-order valence-corrected chi connectivity index (χ4v) is 1.66. The van der Waals surface area contributed by atoms with Crippen LogP contribution in [0.3, 0.4) is 0 Å². The first kappa shape index (κ1) is 10.1. The molecular formula is C11H12F2N2. The smallest absolute Gasteiger partial charge is 0.264 e. The Morgan fingerprint density at radius 3 is 2.80 bits per heavy atom. The van der Waals surface area contributed by atoms with Crippen LogP contribution < -0.4 is 5.73 Å². The summed E-state index contributed by atoms with van der Waals surface area (Å²) in [5.74, 6) is -2.83. The number of rotatable bonds is 3. The molecule has 0 aliphatic heterocycles. The molecule has 4 heteroatoms. The Morgan fingerprint density at radius 1 is 1.27 bits per heavy atom. The van der Waals surface area contributed by atoms with Crippen molar-refractivity contribution in [3.8, 4) is 0 Å². The third-order valence-electron chi connectivity index (χ3n) is 2.43. The maximum atomic E-state index is 13.1. The quantitative estimate of drug-likeness (QED) is 0.802. The van der Waals surface area contributed by atoms with E-state index in [1.807, 2.05) is 6.07 Å². The van der Waals surface area contributed by atoms with Crippen molar-refractivity contribution < 1.29 is 8.78 Å². The van der Waals surface area contributed by atoms with E-state index in [0.717, 1.165) is 10.9 Å². The molecular weight excluding hydrogens is 198 g/mol. The van der Waals surface area contributed by atoms with Gasteiger partial charge in [-0.25, -0.2) is 8.78 Å². The zero-order valence-electron chi connectivity index (χ0n) is 8.13. The summed E-state index contributed by atoms with van der Waals surface area (Å²) in [6.07, 6.45) is 1.44. The minimum Gasteiger partial charge on any atom is -0.361 e. The highest BCUT2D eigenvalue weighted by Gasteiger charge is 2.27. The summed E-state index contributed by atoms with van der Waals surface area (Å²) in [4.78, 5) is 2.99. The van der Waals surface area contributed by atoms with E-state index >= 15 is 0 Å². The SMILES string of the molecule is NCC(F)(F)Cc1cccc2[nH]ccc12. The molecule has 0 amide bonds. The largest absolute Gasteiger partial charge is 0.361 e. The van der Waals surface area contributed by atoms with Crippen molar-refractivity contribution in [3.63, 3.8) is 0 Å². The van der Waals surface area contributed by atoms with E-state index in [1.54, 1.807) is 24.4 Å². The van der Waals surface area contributed by atoms with Crippen LogP contribution >= 0.6 is 0 Å². The molecule has 0 bridgehead atoms. The van der Waals surface area contributed by atoms with Crippen molar-refractivity contribution in [2.24, 2.45) is 5.73 Å². The first-order chi connectivity index (χ1) is 7.12. The highest BCUT2D eigenvalue weighted by atomic mass is 19.3. The van der Waals surface area contributed by atoms with E-state index < -0.39 is 12.5 Å². The van der Waals surface area contributed by atoms with E-state index in [1.165, 1.54) is 0 Å². The topological polar surface area (TPSA) is 41.8 Å². The Labute approximate surface area is 86.1 Å². The van der Waals surface area contributed by atoms with Gasteiger partial charge < -0.3 is 10.7 Å². The van der Waals surface area contributed by atoms with Crippen LogP contribution in [0.25, 0.3) is 10.9 Å². The van der Waals surface area contributed by atoms with E-state index in [4.69, 9.17) is 5.73 Å². The minimum absolute atomic E-state index is 0.307. The number of nitrogens with one attached hydrogen (secondary N) is 1. The number of aromatic nitrogens is 1. The van der Waals surface area contributed by atoms with Gasteiger partial charge in [0.25, 0.3) is 5.92 Å². The van der Waals surface area contributed by atoms with Crippen molar-refractivity contribution in [3.05, 3.63) is 36.0 Å². The van der Waals surface area contributed by atoms with Gasteiger partial charge in [-0.05, 0) is 17.7 Å². The van der Waals surface area contributed by atoms with Crippen molar-refractivity contribution >= 4 is 10.9 Å². The van der Waals surface area contributed by atoms with Crippen LogP contribution in [0.5, 0.6) is 0 Å². The third-order valence-corrected chi connectivity index (χ3v) is 2.43. The molecule has 2 rings (SSSR count). The van der Waals surface area contributed by atoms with Crippen LogP contribution in [-0.2, 0) is 6.42 Å². The Morgan fingerprint density at radius 2 is 2.07 bits per heavy atom. The maximum Gasteiger partial charge on any atom is 0.264 e. The zero-order valence-corrected chi connectivity index (χ0v) is 8.13. The van der Waals surface area contributed by atoms with Gasteiger partial charge in [-0.3, -0.25) is 0 Å². The summed E-state index contributed by atoms with van der Waals surface area (Å²) in [6, 6.07) is 7.14. The molecule has 0 fully saturated rings. The van der Waals surface area contributed by atoms with Gasteiger partial charge in [0, 0.05) is 23.5 Å². The summed E-state index contributed by atoms with van der Waals surface area (Å²) in [6.45, 7) is -0.617. The molecule has 2 nitrogen and oxygen atoms in total. The summed E-state index contributed by atoms with van der Waals surface area (Å²) in [7, 11) is 0. The number of aromatic amines is 1. The Balaban J connectivity index is 2.39. The fraction of sp³-hybridized carbons (Fsp3) is 0.273. The fourth-order valence-electron chi connectivity index (χ4n) is 1.66. The number of nitrogens with two attached hydrogens (primary N) is 1. The lowest BCUT2D eigenvalue weighted by Gasteiger charge is -2.14. The molecule has 3 N–H and O–H groups in total. The van der Waals surface area contributed by atoms with Gasteiger partial charge in [-0.15, -0.1) is 0 Å². The highest BCUT2D eigenvalue weighted by Crippen LogP contribution is 2.24. The summed E-state index contributed by atoms with van der Waals surface area (Å²) < 4.78 is 26.3. The van der Waals surface area contributed by atoms with Gasteiger partial charge in [0.2, 0.25) is 0 Å². The minimum atomic E-state index is -2.83. The predicted octanol–water partition coefficient (Wildman–Crippen LogP) is 2.30. The average molecular weight is 210 g/mol. The molecule has 0 atom stereocenters. The predicted molar refractivity (Wildman–Crippen MR) is 56.0 cm³/mol. The van der Waals surface area contributed by atoms with Crippen LogP contribution in [0.1, 0.15) is 5.56 Å². The molecule has 2 aromatic rings. The van der Waals surface area contributed by atoms with E-state index in [2.05, 4.69) is 4.98 Å². The van der Waals surface area contributed by atoms with Gasteiger partial charge in [-0.2, -0.15) is 0 Å². The van der Waals surface area contributed by atoms with Crippen molar-refractivity contribution in [2.75, 3.05) is 6.54 Å². The third kappa shape index (κ3) is 1.99. The molecule has 80 valence electrons. The monoisotopic (exact) mass is 210 g/mol. The van der Waals surface area contributed by atoms with Crippen molar-refractivity contribution in [2.45, 2.75) is 12.3 Å². The Bertz CT molecular complexity index is 462. The van der Waals surface area contributed by atoms with Crippen molar-refractivity contribution in [1.82, 2.24) is 4.98 Å². The second kappa shape index (κ2) is 3.62. The molecule has 0 radical (unpaired) electrons. The van der Waals surface area contributed by atoms with Crippen LogP contribution in [0.2, 0.25) is 0 Å². The van der Waals surface area contributed by atoms with E-state index in [9.17, 15) is 8.78 Å². The lowest BCUT2D eigenvalue weighted by atomic mass is 10.0. The van der Waals surface area contributed by atoms with Crippen LogP contribution in [-0.4, -0.2) is 17.5 Å². The number of hydrogen-bond donors (Lipinski definition) is 2. The van der Waals surface area contributed by atoms with Gasteiger partial charge >= 0.3 is 0 Å². The lowest BCUT2D eigenvalue weighted by Crippen LogP contribution is -2.30. The zero-order chi connectivity index (χ0) is 10.9. The molecule has 0 aliphatic carbocycles. The Hall–Kier alpha value is -1.42. The number of H-pyrrole nitrogens is 1. The Kier molecular flexibility index (Phi) is 2.44. The molecule has 15 heavy (non-hydrogen) atoms. The lowest BCUT2D eigenvalue weighted by molar-refractivity contribution is 0.0118. The number of halogens is 2. The second-order valence-electron chi connectivity index (χ2n) is 3.59. The van der Waals surface area contributed by atoms with Crippen LogP contribution in [0.15, 0.2) is 30.5 Å². The molecule has 0 saturated heterocycles. The highest BCUT2D eigenvalue weighted by molar-refractivity contribution is 5.82. The summed E-state index contributed by atoms with van der Waals surface area (Å²) in [5.41, 5.74) is 6.52. The first-order valence-electron chi connectivity index (χ1n) is 4.75. The standard InChI is InChI=1S/C11H12F2N2/c12-11(13,7-14)6-8-2-1-3-10-9(8)4-5-15-10/h1-5,15H,6-7,14H2. The van der Waals surface area contributed by atoms with Gasteiger partial charge in [-0.1, -0.05) is 12.1 Å². The number of alkyl halides is 2. The van der Waals surface area contributed by atoms with Crippen LogP contribution in [0, 0.1) is 0 Å². The number of fused-ring (bicyclic) bond motifs is 1. The average Bonchev–Trinajstić information content (AvgIpc) is 2.66. The van der Waals surface area contributed by atoms with Gasteiger partial charge in [0.15, 0.2) is 0 Å². The molecule has 1 aromatic heterocycles. The molecule has 1 aromatic carbocycles. The maximum absolute atomic E-state index is 13.1. The summed E-state index contributed by atoms with van der Waals surface area (Å²) >= 11 is 0. The summed E-state index contributed by atoms with van der Waals surface area (Å²) in [5, 5.41) is 0.839. The van der Waals surface area contributed by atoms with Crippen molar-refractivity contribution in [1.29, 1.82) is 0 Å². The second-order valence-corrected chi connectivity index (χ2v) is 3.59. The molecule has 0 aliphatic rings. The van der Waals surface area contributed by atoms with Crippen LogP contribution in [0.4, 0.5) is 8.78 Å². The molecule has 0 unspecified atom stereocenters. The molecule has 1 heterocycles. The first-order valence-corrected chi connectivity index (χ1v) is 4.75. The van der Waals surface area contributed by atoms with E-state index in [-0.39, 0.29) is 6.42 Å². The molecule has 0 saturated carbocycles. The molecule has 0 spiro atoms. The normalized spacial score (nSPS) is 12.2.